The molecule has 0 aliphatic rings. The zero-order valence-corrected chi connectivity index (χ0v) is 15.6. The van der Waals surface area contributed by atoms with E-state index >= 15 is 0 Å². The fourth-order valence-corrected chi connectivity index (χ4v) is 3.07. The van der Waals surface area contributed by atoms with E-state index in [1.165, 1.54) is 12.1 Å². The molecule has 8 heteroatoms. The number of anilines is 1. The third kappa shape index (κ3) is 4.30. The van der Waals surface area contributed by atoms with Gasteiger partial charge in [-0.05, 0) is 54.0 Å². The molecule has 24 heavy (non-hydrogen) atoms. The molecule has 0 aliphatic carbocycles. The first-order valence-corrected chi connectivity index (χ1v) is 8.53. The van der Waals surface area contributed by atoms with Crippen molar-refractivity contribution in [1.82, 2.24) is 0 Å². The number of hydrogen-bond donors (Lipinski definition) is 0. The molecule has 2 aromatic carbocycles. The molecular formula is C16H16BrClN4O2. The van der Waals surface area contributed by atoms with E-state index in [9.17, 15) is 10.1 Å². The van der Waals surface area contributed by atoms with Crippen LogP contribution in [0.3, 0.4) is 0 Å². The van der Waals surface area contributed by atoms with Gasteiger partial charge in [0, 0.05) is 30.9 Å². The Morgan fingerprint density at radius 3 is 2.29 bits per heavy atom. The maximum atomic E-state index is 10.8. The molecule has 0 amide bonds. The van der Waals surface area contributed by atoms with Crippen LogP contribution in [-0.2, 0) is 0 Å². The van der Waals surface area contributed by atoms with Crippen LogP contribution in [0.1, 0.15) is 13.8 Å². The zero-order chi connectivity index (χ0) is 17.7. The lowest BCUT2D eigenvalue weighted by atomic mass is 10.2. The molecule has 0 N–H and O–H groups in total. The van der Waals surface area contributed by atoms with Gasteiger partial charge in [-0.15, -0.1) is 5.11 Å². The molecular weight excluding hydrogens is 396 g/mol. The van der Waals surface area contributed by atoms with Gasteiger partial charge in [0.25, 0.3) is 5.69 Å². The average Bonchev–Trinajstić information content (AvgIpc) is 2.56. The van der Waals surface area contributed by atoms with Gasteiger partial charge in [0.15, 0.2) is 0 Å². The number of nitro benzene ring substituents is 1. The first kappa shape index (κ1) is 18.4. The summed E-state index contributed by atoms with van der Waals surface area (Å²) >= 11 is 9.29. The second kappa shape index (κ2) is 8.21. The highest BCUT2D eigenvalue weighted by Crippen LogP contribution is 2.38. The summed E-state index contributed by atoms with van der Waals surface area (Å²) in [7, 11) is 0. The largest absolute Gasteiger partial charge is 0.372 e. The third-order valence-corrected chi connectivity index (χ3v) is 4.35. The lowest BCUT2D eigenvalue weighted by Crippen LogP contribution is -2.21. The van der Waals surface area contributed by atoms with Crippen molar-refractivity contribution in [2.45, 2.75) is 13.8 Å². The number of nitrogens with zero attached hydrogens (tertiary/aromatic N) is 4. The molecule has 0 aromatic heterocycles. The van der Waals surface area contributed by atoms with Gasteiger partial charge in [0.2, 0.25) is 0 Å². The van der Waals surface area contributed by atoms with Crippen molar-refractivity contribution in [2.75, 3.05) is 18.0 Å². The highest BCUT2D eigenvalue weighted by molar-refractivity contribution is 9.10. The molecule has 0 spiro atoms. The minimum Gasteiger partial charge on any atom is -0.372 e. The number of halogens is 2. The summed E-state index contributed by atoms with van der Waals surface area (Å²) in [4.78, 5) is 12.5. The highest BCUT2D eigenvalue weighted by atomic mass is 79.9. The normalized spacial score (nSPS) is 11.0. The van der Waals surface area contributed by atoms with Gasteiger partial charge < -0.3 is 4.90 Å². The molecule has 2 aromatic rings. The Morgan fingerprint density at radius 1 is 1.17 bits per heavy atom. The van der Waals surface area contributed by atoms with Gasteiger partial charge >= 0.3 is 0 Å². The van der Waals surface area contributed by atoms with Gasteiger partial charge in [0.05, 0.1) is 20.1 Å². The van der Waals surface area contributed by atoms with Crippen molar-refractivity contribution >= 4 is 50.3 Å². The topological polar surface area (TPSA) is 71.1 Å². The molecule has 2 rings (SSSR count). The molecule has 0 saturated heterocycles. The molecule has 6 nitrogen and oxygen atoms in total. The van der Waals surface area contributed by atoms with Gasteiger partial charge in [-0.2, -0.15) is 5.11 Å². The summed E-state index contributed by atoms with van der Waals surface area (Å²) in [6.45, 7) is 6.07. The quantitative estimate of drug-likeness (QED) is 0.319. The number of benzene rings is 2. The first-order valence-electron chi connectivity index (χ1n) is 7.36. The van der Waals surface area contributed by atoms with Crippen LogP contribution < -0.4 is 4.90 Å². The number of nitro groups is 1. The Hall–Kier alpha value is -1.99. The predicted molar refractivity (Wildman–Crippen MR) is 100.0 cm³/mol. The van der Waals surface area contributed by atoms with Crippen molar-refractivity contribution in [3.05, 3.63) is 56.0 Å². The lowest BCUT2D eigenvalue weighted by Gasteiger charge is -2.20. The minimum atomic E-state index is -0.510. The van der Waals surface area contributed by atoms with Crippen molar-refractivity contribution in [3.8, 4) is 0 Å². The van der Waals surface area contributed by atoms with E-state index in [0.29, 0.717) is 15.8 Å². The molecule has 0 radical (unpaired) electrons. The van der Waals surface area contributed by atoms with Gasteiger partial charge in [-0.25, -0.2) is 0 Å². The zero-order valence-electron chi connectivity index (χ0n) is 13.2. The van der Waals surface area contributed by atoms with Crippen LogP contribution in [0.15, 0.2) is 51.1 Å². The van der Waals surface area contributed by atoms with Crippen LogP contribution in [-0.4, -0.2) is 18.0 Å². The number of hydrogen-bond acceptors (Lipinski definition) is 5. The predicted octanol–water partition coefficient (Wildman–Crippen LogP) is 6.27. The Balaban J connectivity index is 2.24. The maximum absolute atomic E-state index is 10.8. The second-order valence-electron chi connectivity index (χ2n) is 4.90. The molecule has 0 atom stereocenters. The van der Waals surface area contributed by atoms with Crippen LogP contribution in [0, 0.1) is 10.1 Å². The number of azo groups is 1. The highest BCUT2D eigenvalue weighted by Gasteiger charge is 2.14. The monoisotopic (exact) mass is 410 g/mol. The number of non-ortho nitro benzene ring substituents is 1. The first-order chi connectivity index (χ1) is 11.5. The van der Waals surface area contributed by atoms with Crippen LogP contribution in [0.2, 0.25) is 5.02 Å². The minimum absolute atomic E-state index is 0.102. The van der Waals surface area contributed by atoms with E-state index < -0.39 is 4.92 Å². The molecule has 0 bridgehead atoms. The smallest absolute Gasteiger partial charge is 0.272 e. The Kier molecular flexibility index (Phi) is 6.28. The molecule has 126 valence electrons. The lowest BCUT2D eigenvalue weighted by molar-refractivity contribution is -0.384. The molecule has 0 fully saturated rings. The van der Waals surface area contributed by atoms with Gasteiger partial charge in [-0.3, -0.25) is 10.1 Å². The van der Waals surface area contributed by atoms with Crippen LogP contribution in [0.4, 0.5) is 22.7 Å². The molecule has 0 aliphatic heterocycles. The van der Waals surface area contributed by atoms with Crippen molar-refractivity contribution in [1.29, 1.82) is 0 Å². The van der Waals surface area contributed by atoms with Crippen molar-refractivity contribution in [2.24, 2.45) is 10.2 Å². The summed E-state index contributed by atoms with van der Waals surface area (Å²) in [6.07, 6.45) is 0. The summed E-state index contributed by atoms with van der Waals surface area (Å²) in [5.74, 6) is 0. The maximum Gasteiger partial charge on any atom is 0.272 e. The Morgan fingerprint density at radius 2 is 1.79 bits per heavy atom. The van der Waals surface area contributed by atoms with Gasteiger partial charge in [-0.1, -0.05) is 11.6 Å². The third-order valence-electron chi connectivity index (χ3n) is 3.46. The fraction of sp³-hybridized carbons (Fsp3) is 0.250. The van der Waals surface area contributed by atoms with E-state index in [4.69, 9.17) is 11.6 Å². The summed E-state index contributed by atoms with van der Waals surface area (Å²) in [5.41, 5.74) is 2.05. The standard InChI is InChI=1S/C16H16BrClN4O2/c1-3-21(4-2)12-7-5-11(6-8-12)19-20-16-14(17)9-13(22(23)24)10-15(16)18/h5-10H,3-4H2,1-2H3. The van der Waals surface area contributed by atoms with E-state index in [0.717, 1.165) is 18.8 Å². The van der Waals surface area contributed by atoms with Crippen LogP contribution >= 0.6 is 27.5 Å². The van der Waals surface area contributed by atoms with Crippen LogP contribution in [0.25, 0.3) is 0 Å². The van der Waals surface area contributed by atoms with E-state index in [1.807, 2.05) is 24.3 Å². The SMILES string of the molecule is CCN(CC)c1ccc(N=Nc2c(Cl)cc([N+](=O)[O-])cc2Br)cc1. The molecule has 0 unspecified atom stereocenters. The van der Waals surface area contributed by atoms with Crippen LogP contribution in [0.5, 0.6) is 0 Å². The summed E-state index contributed by atoms with van der Waals surface area (Å²) in [6, 6.07) is 10.3. The second-order valence-corrected chi connectivity index (χ2v) is 6.17. The van der Waals surface area contributed by atoms with E-state index in [1.54, 1.807) is 0 Å². The summed E-state index contributed by atoms with van der Waals surface area (Å²) < 4.78 is 0.421. The Labute approximate surface area is 153 Å². The average molecular weight is 412 g/mol. The molecule has 0 saturated carbocycles. The Bertz CT molecular complexity index is 738. The van der Waals surface area contributed by atoms with Gasteiger partial charge in [0.1, 0.15) is 5.69 Å². The fourth-order valence-electron chi connectivity index (χ4n) is 2.18. The van der Waals surface area contributed by atoms with Crippen molar-refractivity contribution in [3.63, 3.8) is 0 Å². The number of rotatable bonds is 6. The summed E-state index contributed by atoms with van der Waals surface area (Å²) in [5, 5.41) is 19.2. The van der Waals surface area contributed by atoms with E-state index in [-0.39, 0.29) is 10.7 Å². The van der Waals surface area contributed by atoms with E-state index in [2.05, 4.69) is 44.9 Å². The molecule has 0 heterocycles. The van der Waals surface area contributed by atoms with Crippen molar-refractivity contribution < 1.29 is 4.92 Å².